The molecule has 0 spiro atoms. The maximum atomic E-state index is 13.0. The molecule has 2 N–H and O–H groups in total. The molecule has 0 saturated heterocycles. The predicted octanol–water partition coefficient (Wildman–Crippen LogP) is 6.48. The number of carbonyl (C=O) groups excluding carboxylic acids is 3. The number of anilines is 1. The SMILES string of the molecule is COc1ccc(C(=O)Oc2c(Br)cc(Br)cc2C=NNC(=O)c2cccc(NC(=O)c3cc(OC)c(OC)c(OC)c3)c2)cc1. The van der Waals surface area contributed by atoms with Gasteiger partial charge in [0.2, 0.25) is 5.75 Å². The van der Waals surface area contributed by atoms with E-state index < -0.39 is 17.8 Å². The van der Waals surface area contributed by atoms with E-state index in [1.165, 1.54) is 52.9 Å². The Morgan fingerprint density at radius 2 is 1.40 bits per heavy atom. The summed E-state index contributed by atoms with van der Waals surface area (Å²) in [7, 11) is 5.91. The maximum absolute atomic E-state index is 13.0. The normalized spacial score (nSPS) is 10.6. The second kappa shape index (κ2) is 15.2. The average Bonchev–Trinajstić information content (AvgIpc) is 3.05. The molecule has 0 aromatic heterocycles. The minimum Gasteiger partial charge on any atom is -0.497 e. The van der Waals surface area contributed by atoms with Crippen LogP contribution in [-0.2, 0) is 0 Å². The molecule has 0 unspecified atom stereocenters. The summed E-state index contributed by atoms with van der Waals surface area (Å²) in [6, 6.07) is 19.2. The number of carbonyl (C=O) groups is 3. The number of halogens is 2. The van der Waals surface area contributed by atoms with E-state index in [2.05, 4.69) is 47.7 Å². The highest BCUT2D eigenvalue weighted by atomic mass is 79.9. The van der Waals surface area contributed by atoms with Gasteiger partial charge in [0.15, 0.2) is 17.2 Å². The van der Waals surface area contributed by atoms with Crippen LogP contribution in [0.2, 0.25) is 0 Å². The Hall–Kier alpha value is -4.88. The number of nitrogens with one attached hydrogen (secondary N) is 2. The molecule has 11 nitrogen and oxygen atoms in total. The number of nitrogens with zero attached hydrogens (tertiary/aromatic N) is 1. The Kier molecular flexibility index (Phi) is 11.2. The molecular formula is C32H27Br2N3O8. The summed E-state index contributed by atoms with van der Waals surface area (Å²) in [6.45, 7) is 0. The van der Waals surface area contributed by atoms with E-state index in [0.717, 1.165) is 0 Å². The van der Waals surface area contributed by atoms with Gasteiger partial charge in [-0.15, -0.1) is 0 Å². The third kappa shape index (κ3) is 8.19. The highest BCUT2D eigenvalue weighted by molar-refractivity contribution is 9.11. The standard InChI is InChI=1S/C32H27Br2N3O8/c1-41-24-10-8-18(9-11-24)32(40)45-28-21(12-22(33)16-25(28)34)17-35-37-31(39)19-6-5-7-23(13-19)36-30(38)20-14-26(42-2)29(44-4)27(15-20)43-3/h5-17H,1-4H3,(H,36,38)(H,37,39). The summed E-state index contributed by atoms with van der Waals surface area (Å²) in [6.07, 6.45) is 1.35. The van der Waals surface area contributed by atoms with Crippen molar-refractivity contribution in [2.24, 2.45) is 5.10 Å². The van der Waals surface area contributed by atoms with E-state index >= 15 is 0 Å². The lowest BCUT2D eigenvalue weighted by atomic mass is 10.1. The van der Waals surface area contributed by atoms with Crippen molar-refractivity contribution in [2.45, 2.75) is 0 Å². The van der Waals surface area contributed by atoms with Crippen LogP contribution in [0, 0.1) is 0 Å². The molecule has 4 aromatic carbocycles. The Morgan fingerprint density at radius 3 is 2.02 bits per heavy atom. The highest BCUT2D eigenvalue weighted by Gasteiger charge is 2.18. The summed E-state index contributed by atoms with van der Waals surface area (Å²) in [5.41, 5.74) is 4.04. The lowest BCUT2D eigenvalue weighted by molar-refractivity contribution is 0.0732. The highest BCUT2D eigenvalue weighted by Crippen LogP contribution is 2.38. The first-order valence-corrected chi connectivity index (χ1v) is 14.7. The second-order valence-electron chi connectivity index (χ2n) is 9.07. The summed E-state index contributed by atoms with van der Waals surface area (Å²) in [5.74, 6) is 0.217. The van der Waals surface area contributed by atoms with Gasteiger partial charge in [0, 0.05) is 26.9 Å². The molecule has 45 heavy (non-hydrogen) atoms. The van der Waals surface area contributed by atoms with Crippen molar-refractivity contribution < 1.29 is 38.1 Å². The fourth-order valence-corrected chi connectivity index (χ4v) is 5.38. The van der Waals surface area contributed by atoms with Gasteiger partial charge in [-0.25, -0.2) is 10.2 Å². The molecule has 0 radical (unpaired) electrons. The number of ether oxygens (including phenoxy) is 5. The molecule has 4 aromatic rings. The van der Waals surface area contributed by atoms with Crippen LogP contribution in [0.1, 0.15) is 36.6 Å². The van der Waals surface area contributed by atoms with Gasteiger partial charge in [-0.1, -0.05) is 22.0 Å². The van der Waals surface area contributed by atoms with Crippen molar-refractivity contribution in [2.75, 3.05) is 33.8 Å². The molecule has 4 rings (SSSR count). The molecule has 0 aliphatic heterocycles. The van der Waals surface area contributed by atoms with Crippen molar-refractivity contribution in [3.63, 3.8) is 0 Å². The summed E-state index contributed by atoms with van der Waals surface area (Å²) < 4.78 is 27.9. The second-order valence-corrected chi connectivity index (χ2v) is 10.8. The van der Waals surface area contributed by atoms with Crippen molar-refractivity contribution in [3.05, 3.63) is 104 Å². The van der Waals surface area contributed by atoms with Crippen molar-refractivity contribution >= 4 is 61.5 Å². The number of methoxy groups -OCH3 is 4. The fourth-order valence-electron chi connectivity index (χ4n) is 4.04. The molecule has 2 amide bonds. The Morgan fingerprint density at radius 1 is 0.711 bits per heavy atom. The first-order valence-electron chi connectivity index (χ1n) is 13.1. The van der Waals surface area contributed by atoms with Crippen LogP contribution >= 0.6 is 31.9 Å². The molecule has 0 bridgehead atoms. The molecular weight excluding hydrogens is 714 g/mol. The fraction of sp³-hybridized carbons (Fsp3) is 0.125. The van der Waals surface area contributed by atoms with Crippen LogP contribution in [-0.4, -0.2) is 52.4 Å². The first kappa shape index (κ1) is 33.0. The number of benzene rings is 4. The summed E-state index contributed by atoms with van der Waals surface area (Å²) >= 11 is 6.83. The number of hydrogen-bond acceptors (Lipinski definition) is 9. The van der Waals surface area contributed by atoms with Crippen LogP contribution in [0.4, 0.5) is 5.69 Å². The molecule has 0 aliphatic carbocycles. The first-order chi connectivity index (χ1) is 21.7. The number of esters is 1. The van der Waals surface area contributed by atoms with Crippen LogP contribution in [0.15, 0.2) is 86.8 Å². The van der Waals surface area contributed by atoms with E-state index in [-0.39, 0.29) is 16.9 Å². The van der Waals surface area contributed by atoms with E-state index in [9.17, 15) is 14.4 Å². The summed E-state index contributed by atoms with van der Waals surface area (Å²) in [4.78, 5) is 38.7. The largest absolute Gasteiger partial charge is 0.497 e. The van der Waals surface area contributed by atoms with Gasteiger partial charge in [-0.05, 0) is 82.7 Å². The van der Waals surface area contributed by atoms with Crippen molar-refractivity contribution in [3.8, 4) is 28.7 Å². The van der Waals surface area contributed by atoms with Gasteiger partial charge in [0.25, 0.3) is 11.8 Å². The summed E-state index contributed by atoms with van der Waals surface area (Å²) in [5, 5.41) is 6.81. The van der Waals surface area contributed by atoms with E-state index in [1.807, 2.05) is 0 Å². The van der Waals surface area contributed by atoms with E-state index in [4.69, 9.17) is 23.7 Å². The van der Waals surface area contributed by atoms with Gasteiger partial charge >= 0.3 is 5.97 Å². The lowest BCUT2D eigenvalue weighted by Crippen LogP contribution is -2.18. The van der Waals surface area contributed by atoms with Crippen LogP contribution in [0.25, 0.3) is 0 Å². The number of rotatable bonds is 11. The van der Waals surface area contributed by atoms with E-state index in [1.54, 1.807) is 54.6 Å². The van der Waals surface area contributed by atoms with Crippen LogP contribution in [0.3, 0.4) is 0 Å². The van der Waals surface area contributed by atoms with Gasteiger partial charge in [0.1, 0.15) is 5.75 Å². The molecule has 0 aliphatic rings. The average molecular weight is 741 g/mol. The zero-order valence-electron chi connectivity index (χ0n) is 24.5. The number of hydrogen-bond donors (Lipinski definition) is 2. The van der Waals surface area contributed by atoms with Crippen molar-refractivity contribution in [1.82, 2.24) is 5.43 Å². The molecule has 232 valence electrons. The molecule has 0 saturated carbocycles. The number of hydrazone groups is 1. The lowest BCUT2D eigenvalue weighted by Gasteiger charge is -2.14. The van der Waals surface area contributed by atoms with Crippen LogP contribution < -0.4 is 34.4 Å². The smallest absolute Gasteiger partial charge is 0.343 e. The van der Waals surface area contributed by atoms with Crippen LogP contribution in [0.5, 0.6) is 28.7 Å². The molecule has 0 atom stereocenters. The third-order valence-electron chi connectivity index (χ3n) is 6.24. The third-order valence-corrected chi connectivity index (χ3v) is 7.28. The quantitative estimate of drug-likeness (QED) is 0.0773. The Bertz CT molecular complexity index is 1740. The molecule has 0 heterocycles. The maximum Gasteiger partial charge on any atom is 0.343 e. The van der Waals surface area contributed by atoms with Gasteiger partial charge in [-0.3, -0.25) is 9.59 Å². The molecule has 13 heteroatoms. The zero-order chi connectivity index (χ0) is 32.5. The minimum atomic E-state index is -0.593. The molecule has 0 fully saturated rings. The van der Waals surface area contributed by atoms with Gasteiger partial charge in [-0.2, -0.15) is 5.10 Å². The topological polar surface area (TPSA) is 134 Å². The number of amides is 2. The minimum absolute atomic E-state index is 0.202. The predicted molar refractivity (Wildman–Crippen MR) is 175 cm³/mol. The Labute approximate surface area is 275 Å². The zero-order valence-corrected chi connectivity index (χ0v) is 27.6. The Balaban J connectivity index is 1.47. The van der Waals surface area contributed by atoms with Gasteiger partial charge in [0.05, 0.1) is 44.7 Å². The van der Waals surface area contributed by atoms with Crippen molar-refractivity contribution in [1.29, 1.82) is 0 Å². The van der Waals surface area contributed by atoms with Gasteiger partial charge < -0.3 is 29.0 Å². The monoisotopic (exact) mass is 739 g/mol. The van der Waals surface area contributed by atoms with E-state index in [0.29, 0.717) is 48.8 Å².